The molecule has 1 heterocycles. The van der Waals surface area contributed by atoms with Crippen LogP contribution in [-0.2, 0) is 13.6 Å². The van der Waals surface area contributed by atoms with Crippen LogP contribution in [0.4, 0.5) is 0 Å². The second-order valence-electron chi connectivity index (χ2n) is 2.29. The van der Waals surface area contributed by atoms with Crippen molar-refractivity contribution in [3.05, 3.63) is 46.7 Å². The number of aryl methyl sites for hydroxylation is 1. The Morgan fingerprint density at radius 3 is 2.54 bits per heavy atom. The van der Waals surface area contributed by atoms with Crippen LogP contribution in [0.1, 0.15) is 0 Å². The van der Waals surface area contributed by atoms with Crippen molar-refractivity contribution in [3.8, 4) is 0 Å². The highest BCUT2D eigenvalue weighted by Crippen LogP contribution is 1.81. The highest BCUT2D eigenvalue weighted by Gasteiger charge is 1.93. The summed E-state index contributed by atoms with van der Waals surface area (Å²) in [6.45, 7) is 4.52. The van der Waals surface area contributed by atoms with Gasteiger partial charge in [0.2, 0.25) is 6.33 Å². The van der Waals surface area contributed by atoms with E-state index in [-0.39, 0.29) is 0 Å². The smallest absolute Gasteiger partial charge is 0.243 e. The van der Waals surface area contributed by atoms with Crippen LogP contribution in [0.2, 0.25) is 0 Å². The largest absolute Gasteiger partial charge is 0.356 e. The molecule has 0 aromatic carbocycles. The predicted octanol–water partition coefficient (Wildman–Crippen LogP) is 0.259. The summed E-state index contributed by atoms with van der Waals surface area (Å²) in [6.07, 6.45) is 7.91. The SMILES string of the molecule is C=CCn1cc[n+](C)c1.O=[N+]([O-])[O-]. The third-order valence-corrected chi connectivity index (χ3v) is 1.16. The second-order valence-corrected chi connectivity index (χ2v) is 2.29. The van der Waals surface area contributed by atoms with E-state index in [0.717, 1.165) is 6.54 Å². The first-order valence-corrected chi connectivity index (χ1v) is 3.49. The molecule has 0 aliphatic rings. The molecule has 0 saturated heterocycles. The molecule has 0 aliphatic heterocycles. The van der Waals surface area contributed by atoms with Gasteiger partial charge < -0.3 is 15.3 Å². The summed E-state index contributed by atoms with van der Waals surface area (Å²) in [5.41, 5.74) is 0. The van der Waals surface area contributed by atoms with Crippen LogP contribution in [-0.4, -0.2) is 9.65 Å². The van der Waals surface area contributed by atoms with Crippen molar-refractivity contribution in [3.63, 3.8) is 0 Å². The van der Waals surface area contributed by atoms with Gasteiger partial charge in [-0.15, -0.1) is 0 Å². The Kier molecular flexibility index (Phi) is 4.94. The Labute approximate surface area is 75.5 Å². The fraction of sp³-hybridized carbons (Fsp3) is 0.286. The Morgan fingerprint density at radius 1 is 1.69 bits per heavy atom. The van der Waals surface area contributed by atoms with Crippen LogP contribution in [0.5, 0.6) is 0 Å². The minimum Gasteiger partial charge on any atom is -0.356 e. The molecule has 0 N–H and O–H groups in total. The average molecular weight is 185 g/mol. The molecule has 1 rings (SSSR count). The summed E-state index contributed by atoms with van der Waals surface area (Å²) < 4.78 is 4.07. The fourth-order valence-electron chi connectivity index (χ4n) is 0.759. The van der Waals surface area contributed by atoms with Gasteiger partial charge in [0, 0.05) is 0 Å². The van der Waals surface area contributed by atoms with E-state index in [1.807, 2.05) is 36.4 Å². The Bertz CT molecular complexity index is 278. The molecule has 6 heteroatoms. The van der Waals surface area contributed by atoms with Crippen molar-refractivity contribution in [2.45, 2.75) is 6.54 Å². The predicted molar refractivity (Wildman–Crippen MR) is 46.2 cm³/mol. The van der Waals surface area contributed by atoms with Gasteiger partial charge >= 0.3 is 0 Å². The molecule has 1 aromatic rings. The number of nitrogens with zero attached hydrogens (tertiary/aromatic N) is 3. The monoisotopic (exact) mass is 185 g/mol. The lowest BCUT2D eigenvalue weighted by molar-refractivity contribution is -0.671. The van der Waals surface area contributed by atoms with Gasteiger partial charge in [0.1, 0.15) is 18.9 Å². The summed E-state index contributed by atoms with van der Waals surface area (Å²) in [5, 5.41) is 14.8. The number of imidazole rings is 1. The van der Waals surface area contributed by atoms with E-state index < -0.39 is 5.09 Å². The molecule has 0 unspecified atom stereocenters. The first-order chi connectivity index (χ1) is 6.06. The third-order valence-electron chi connectivity index (χ3n) is 1.16. The van der Waals surface area contributed by atoms with Crippen LogP contribution in [0.3, 0.4) is 0 Å². The number of allylic oxidation sites excluding steroid dienone is 1. The highest BCUT2D eigenvalue weighted by molar-refractivity contribution is 4.73. The maximum atomic E-state index is 8.25. The van der Waals surface area contributed by atoms with Crippen molar-refractivity contribution in [1.82, 2.24) is 4.57 Å². The Balaban J connectivity index is 0.000000310. The van der Waals surface area contributed by atoms with Crippen LogP contribution in [0.15, 0.2) is 31.4 Å². The van der Waals surface area contributed by atoms with E-state index in [1.165, 1.54) is 0 Å². The molecule has 0 saturated carbocycles. The van der Waals surface area contributed by atoms with Crippen molar-refractivity contribution < 1.29 is 9.65 Å². The summed E-state index contributed by atoms with van der Waals surface area (Å²) in [7, 11) is 2.00. The van der Waals surface area contributed by atoms with Crippen molar-refractivity contribution in [2.75, 3.05) is 0 Å². The molecule has 0 radical (unpaired) electrons. The maximum absolute atomic E-state index is 8.25. The van der Waals surface area contributed by atoms with Gasteiger partial charge in [-0.2, -0.15) is 0 Å². The molecule has 72 valence electrons. The number of hydrogen-bond acceptors (Lipinski definition) is 3. The van der Waals surface area contributed by atoms with Crippen molar-refractivity contribution >= 4 is 0 Å². The van der Waals surface area contributed by atoms with E-state index in [4.69, 9.17) is 15.3 Å². The highest BCUT2D eigenvalue weighted by atomic mass is 16.9. The molecule has 0 amide bonds. The van der Waals surface area contributed by atoms with Crippen LogP contribution < -0.4 is 4.57 Å². The lowest BCUT2D eigenvalue weighted by Crippen LogP contribution is -2.23. The average Bonchev–Trinajstić information content (AvgIpc) is 2.35. The molecule has 1 aromatic heterocycles. The number of rotatable bonds is 2. The molecule has 0 atom stereocenters. The third kappa shape index (κ3) is 6.54. The van der Waals surface area contributed by atoms with Gasteiger partial charge in [0.05, 0.1) is 12.1 Å². The second kappa shape index (κ2) is 5.76. The standard InChI is InChI=1S/C7H11N2.NO3/c1-3-4-9-6-5-8(2)7-9;2-1(3)4/h3,5-7H,1,4H2,2H3;/q+1;-1. The quantitative estimate of drug-likeness (QED) is 0.287. The van der Waals surface area contributed by atoms with E-state index >= 15 is 0 Å². The van der Waals surface area contributed by atoms with Crippen molar-refractivity contribution in [2.24, 2.45) is 7.05 Å². The molecule has 0 fully saturated rings. The zero-order chi connectivity index (χ0) is 10.3. The fourth-order valence-corrected chi connectivity index (χ4v) is 0.759. The lowest BCUT2D eigenvalue weighted by Gasteiger charge is -1.83. The summed E-state index contributed by atoms with van der Waals surface area (Å²) in [5.74, 6) is 0. The van der Waals surface area contributed by atoms with Gasteiger partial charge in [0.25, 0.3) is 0 Å². The number of aromatic nitrogens is 2. The van der Waals surface area contributed by atoms with E-state index in [1.54, 1.807) is 0 Å². The zero-order valence-corrected chi connectivity index (χ0v) is 7.29. The Morgan fingerprint density at radius 2 is 2.23 bits per heavy atom. The Hall–Kier alpha value is -1.85. The van der Waals surface area contributed by atoms with Gasteiger partial charge in [-0.1, -0.05) is 12.7 Å². The first kappa shape index (κ1) is 11.2. The minimum atomic E-state index is -1.75. The van der Waals surface area contributed by atoms with Crippen LogP contribution >= 0.6 is 0 Å². The van der Waals surface area contributed by atoms with Gasteiger partial charge in [0.15, 0.2) is 0 Å². The minimum absolute atomic E-state index is 0.890. The topological polar surface area (TPSA) is 75.0 Å². The number of hydrogen-bond donors (Lipinski definition) is 0. The summed E-state index contributed by atoms with van der Waals surface area (Å²) >= 11 is 0. The molecule has 6 nitrogen and oxygen atoms in total. The van der Waals surface area contributed by atoms with Crippen LogP contribution in [0.25, 0.3) is 0 Å². The van der Waals surface area contributed by atoms with Gasteiger partial charge in [-0.25, -0.2) is 9.13 Å². The first-order valence-electron chi connectivity index (χ1n) is 3.49. The molecular formula is C7H11N3O3. The van der Waals surface area contributed by atoms with E-state index in [9.17, 15) is 0 Å². The van der Waals surface area contributed by atoms with E-state index in [2.05, 4.69) is 11.1 Å². The molecular weight excluding hydrogens is 174 g/mol. The van der Waals surface area contributed by atoms with Gasteiger partial charge in [-0.3, -0.25) is 0 Å². The zero-order valence-electron chi connectivity index (χ0n) is 7.29. The summed E-state index contributed by atoms with van der Waals surface area (Å²) in [4.78, 5) is 8.25. The van der Waals surface area contributed by atoms with Gasteiger partial charge in [-0.05, 0) is 0 Å². The van der Waals surface area contributed by atoms with E-state index in [0.29, 0.717) is 0 Å². The molecule has 0 spiro atoms. The normalized spacial score (nSPS) is 8.38. The maximum Gasteiger partial charge on any atom is 0.243 e. The van der Waals surface area contributed by atoms with Crippen LogP contribution in [0, 0.1) is 15.3 Å². The van der Waals surface area contributed by atoms with Crippen molar-refractivity contribution in [1.29, 1.82) is 0 Å². The molecule has 0 bridgehead atoms. The molecule has 13 heavy (non-hydrogen) atoms. The lowest BCUT2D eigenvalue weighted by atomic mass is 10.6. The molecule has 0 aliphatic carbocycles. The summed E-state index contributed by atoms with van der Waals surface area (Å²) in [6, 6.07) is 0.